The summed E-state index contributed by atoms with van der Waals surface area (Å²) in [6.07, 6.45) is 4.04. The molecular weight excluding hydrogens is 543 g/mol. The Hall–Kier alpha value is -4.33. The molecule has 5 rings (SSSR count). The molecule has 3 aromatic rings. The van der Waals surface area contributed by atoms with Crippen LogP contribution in [0.3, 0.4) is 0 Å². The largest absolute Gasteiger partial charge is 0.496 e. The predicted molar refractivity (Wildman–Crippen MR) is 145 cm³/mol. The maximum absolute atomic E-state index is 13.4. The number of carbonyl (C=O) groups is 1. The number of Topliss-reactive ketones (excluding diaryl/α,β-unsaturated/α-hetero) is 1. The molecule has 0 radical (unpaired) electrons. The maximum Gasteiger partial charge on any atom is 0.307 e. The Kier molecular flexibility index (Phi) is 7.04. The summed E-state index contributed by atoms with van der Waals surface area (Å²) in [5.41, 5.74) is 9.81. The van der Waals surface area contributed by atoms with Gasteiger partial charge >= 0.3 is 5.69 Å². The third-order valence-corrected chi connectivity index (χ3v) is 7.26. The smallest absolute Gasteiger partial charge is 0.307 e. The summed E-state index contributed by atoms with van der Waals surface area (Å²) in [5, 5.41) is 26.3. The number of hydrogen-bond acceptors (Lipinski definition) is 8. The Morgan fingerprint density at radius 1 is 1.23 bits per heavy atom. The van der Waals surface area contributed by atoms with Crippen LogP contribution in [0.5, 0.6) is 5.75 Å². The zero-order valence-electron chi connectivity index (χ0n) is 20.7. The van der Waals surface area contributed by atoms with E-state index in [1.165, 1.54) is 24.2 Å². The number of rotatable bonds is 6. The molecule has 2 aromatic carbocycles. The van der Waals surface area contributed by atoms with E-state index in [9.17, 15) is 20.2 Å². The van der Waals surface area contributed by atoms with Crippen LogP contribution in [0.1, 0.15) is 36.3 Å². The lowest BCUT2D eigenvalue weighted by Gasteiger charge is -2.39. The number of methoxy groups -OCH3 is 1. The van der Waals surface area contributed by atoms with Crippen LogP contribution in [-0.2, 0) is 11.3 Å². The first-order valence-electron chi connectivity index (χ1n) is 12.0. The van der Waals surface area contributed by atoms with Crippen LogP contribution in [0.4, 0.5) is 11.4 Å². The number of ketones is 1. The summed E-state index contributed by atoms with van der Waals surface area (Å²) in [4.78, 5) is 25.7. The molecule has 0 spiro atoms. The number of nitro groups is 1. The molecule has 0 saturated heterocycles. The Labute approximate surface area is 233 Å². The summed E-state index contributed by atoms with van der Waals surface area (Å²) in [5.74, 6) is -0.0584. The first-order valence-corrected chi connectivity index (χ1v) is 12.7. The molecule has 1 aromatic heterocycles. The molecule has 2 heterocycles. The summed E-state index contributed by atoms with van der Waals surface area (Å²) < 4.78 is 6.95. The Morgan fingerprint density at radius 2 is 1.97 bits per heavy atom. The Bertz CT molecular complexity index is 1600. The number of hydrogen-bond donors (Lipinski definition) is 1. The average Bonchev–Trinajstić information content (AvgIpc) is 3.36. The number of anilines is 1. The lowest BCUT2D eigenvalue weighted by Crippen LogP contribution is -2.38. The molecule has 0 saturated carbocycles. The van der Waals surface area contributed by atoms with Gasteiger partial charge in [-0.05, 0) is 48.7 Å². The number of allylic oxidation sites excluding steroid dienone is 3. The van der Waals surface area contributed by atoms with Crippen molar-refractivity contribution in [2.45, 2.75) is 31.7 Å². The third-order valence-electron chi connectivity index (χ3n) is 6.82. The van der Waals surface area contributed by atoms with Gasteiger partial charge in [-0.25, -0.2) is 0 Å². The molecule has 2 N–H and O–H groups in total. The van der Waals surface area contributed by atoms with Crippen LogP contribution in [0, 0.1) is 21.4 Å². The number of benzene rings is 2. The van der Waals surface area contributed by atoms with Gasteiger partial charge < -0.3 is 10.5 Å². The summed E-state index contributed by atoms with van der Waals surface area (Å²) in [7, 11) is 1.52. The van der Waals surface area contributed by atoms with Gasteiger partial charge in [-0.2, -0.15) is 10.4 Å². The van der Waals surface area contributed by atoms with Gasteiger partial charge in [0.15, 0.2) is 5.78 Å². The van der Waals surface area contributed by atoms with Crippen molar-refractivity contribution < 1.29 is 14.5 Å². The summed E-state index contributed by atoms with van der Waals surface area (Å²) >= 11 is 12.5. The zero-order valence-corrected chi connectivity index (χ0v) is 22.2. The van der Waals surface area contributed by atoms with Crippen molar-refractivity contribution in [3.8, 4) is 11.8 Å². The lowest BCUT2D eigenvalue weighted by molar-refractivity contribution is -0.385. The minimum Gasteiger partial charge on any atom is -0.496 e. The summed E-state index contributed by atoms with van der Waals surface area (Å²) in [6, 6.07) is 12.6. The molecule has 1 aliphatic heterocycles. The molecular formula is C27H22Cl2N6O4. The number of halogens is 2. The van der Waals surface area contributed by atoms with Crippen molar-refractivity contribution in [3.05, 3.63) is 103 Å². The van der Waals surface area contributed by atoms with E-state index >= 15 is 0 Å². The SMILES string of the molecule is COc1ccc([C@@H]2C(C#N)=C(N)N(c3cc(Cl)cc(Cl)c3)C3=C2C(=O)CCC3)cc1Cn1cc([N+](=O)[O-])cn1. The zero-order chi connectivity index (χ0) is 27.8. The van der Waals surface area contributed by atoms with E-state index in [0.717, 1.165) is 0 Å². The fourth-order valence-corrected chi connectivity index (χ4v) is 5.71. The maximum atomic E-state index is 13.4. The molecule has 2 aliphatic rings. The topological polar surface area (TPSA) is 140 Å². The fourth-order valence-electron chi connectivity index (χ4n) is 5.19. The van der Waals surface area contributed by atoms with Crippen molar-refractivity contribution in [2.24, 2.45) is 5.73 Å². The van der Waals surface area contributed by atoms with E-state index in [2.05, 4.69) is 11.2 Å². The number of nitrogens with zero attached hydrogens (tertiary/aromatic N) is 5. The first-order chi connectivity index (χ1) is 18.7. The molecule has 0 fully saturated rings. The van der Waals surface area contributed by atoms with E-state index in [4.69, 9.17) is 33.7 Å². The van der Waals surface area contributed by atoms with Gasteiger partial charge in [0, 0.05) is 33.3 Å². The minimum absolute atomic E-state index is 0.0697. The van der Waals surface area contributed by atoms with Gasteiger partial charge in [-0.15, -0.1) is 0 Å². The van der Waals surface area contributed by atoms with Crippen molar-refractivity contribution >= 4 is 40.4 Å². The van der Waals surface area contributed by atoms with E-state index in [0.29, 0.717) is 63.1 Å². The molecule has 1 aliphatic carbocycles. The van der Waals surface area contributed by atoms with Crippen LogP contribution in [-0.4, -0.2) is 27.6 Å². The molecule has 198 valence electrons. The number of ether oxygens (including phenoxy) is 1. The predicted octanol–water partition coefficient (Wildman–Crippen LogP) is 5.46. The summed E-state index contributed by atoms with van der Waals surface area (Å²) in [6.45, 7) is 0.172. The highest BCUT2D eigenvalue weighted by Crippen LogP contribution is 2.47. The van der Waals surface area contributed by atoms with Gasteiger partial charge in [-0.3, -0.25) is 24.5 Å². The highest BCUT2D eigenvalue weighted by molar-refractivity contribution is 6.35. The number of nitriles is 1. The molecule has 12 heteroatoms. The second-order valence-electron chi connectivity index (χ2n) is 9.17. The van der Waals surface area contributed by atoms with Crippen LogP contribution in [0.15, 0.2) is 71.5 Å². The second-order valence-corrected chi connectivity index (χ2v) is 10.0. The normalized spacial score (nSPS) is 17.2. The van der Waals surface area contributed by atoms with E-state index in [-0.39, 0.29) is 29.4 Å². The van der Waals surface area contributed by atoms with Crippen molar-refractivity contribution in [2.75, 3.05) is 12.0 Å². The monoisotopic (exact) mass is 564 g/mol. The van der Waals surface area contributed by atoms with Crippen LogP contribution in [0.2, 0.25) is 10.0 Å². The highest BCUT2D eigenvalue weighted by atomic mass is 35.5. The standard InChI is InChI=1S/C27H22Cl2N6O4/c1-39-24-6-5-15(7-16(24)13-33-14-20(12-32-33)35(37)38)25-21(11-30)27(31)34(19-9-17(28)8-18(29)10-19)22-3-2-4-23(36)26(22)25/h5-10,12,14,25H,2-4,13,31H2,1H3/t25-/m1/s1. The Balaban J connectivity index is 1.65. The van der Waals surface area contributed by atoms with Gasteiger partial charge in [-0.1, -0.05) is 29.3 Å². The second kappa shape index (κ2) is 10.4. The average molecular weight is 565 g/mol. The quantitative estimate of drug-likeness (QED) is 0.307. The van der Waals surface area contributed by atoms with Crippen LogP contribution >= 0.6 is 23.2 Å². The third kappa shape index (κ3) is 4.82. The van der Waals surface area contributed by atoms with Crippen LogP contribution in [0.25, 0.3) is 0 Å². The molecule has 39 heavy (non-hydrogen) atoms. The minimum atomic E-state index is -0.708. The van der Waals surface area contributed by atoms with Gasteiger partial charge in [0.05, 0.1) is 41.8 Å². The molecule has 10 nitrogen and oxygen atoms in total. The van der Waals surface area contributed by atoms with E-state index in [1.807, 2.05) is 6.07 Å². The molecule has 0 bridgehead atoms. The van der Waals surface area contributed by atoms with Crippen molar-refractivity contribution in [3.63, 3.8) is 0 Å². The van der Waals surface area contributed by atoms with Gasteiger partial charge in [0.25, 0.3) is 0 Å². The first kappa shape index (κ1) is 26.3. The number of aromatic nitrogens is 2. The molecule has 0 unspecified atom stereocenters. The number of carbonyl (C=O) groups excluding carboxylic acids is 1. The highest BCUT2D eigenvalue weighted by Gasteiger charge is 2.40. The Morgan fingerprint density at radius 3 is 2.62 bits per heavy atom. The lowest BCUT2D eigenvalue weighted by atomic mass is 9.75. The van der Waals surface area contributed by atoms with E-state index in [1.54, 1.807) is 35.2 Å². The van der Waals surface area contributed by atoms with Gasteiger partial charge in [0.1, 0.15) is 24.0 Å². The van der Waals surface area contributed by atoms with Crippen LogP contribution < -0.4 is 15.4 Å². The fraction of sp³-hybridized carbons (Fsp3) is 0.222. The van der Waals surface area contributed by atoms with Crippen molar-refractivity contribution in [1.29, 1.82) is 5.26 Å². The van der Waals surface area contributed by atoms with Gasteiger partial charge in [0.2, 0.25) is 0 Å². The number of nitrogens with two attached hydrogens (primary N) is 1. The van der Waals surface area contributed by atoms with E-state index < -0.39 is 10.8 Å². The molecule has 1 atom stereocenters. The molecule has 0 amide bonds. The van der Waals surface area contributed by atoms with Crippen molar-refractivity contribution in [1.82, 2.24) is 9.78 Å².